The lowest BCUT2D eigenvalue weighted by molar-refractivity contribution is -0.115. The number of carbonyl (C=O) groups is 1. The summed E-state index contributed by atoms with van der Waals surface area (Å²) in [4.78, 5) is 12.7. The molecular formula is C26H20N2O2. The predicted octanol–water partition coefficient (Wildman–Crippen LogP) is 6.43. The van der Waals surface area contributed by atoms with Gasteiger partial charge in [-0.05, 0) is 59.0 Å². The number of hydrogen-bond acceptors (Lipinski definition) is 3. The van der Waals surface area contributed by atoms with E-state index in [1.165, 1.54) is 0 Å². The molecule has 1 heterocycles. The quantitative estimate of drug-likeness (QED) is 0.412. The van der Waals surface area contributed by atoms with Gasteiger partial charge in [-0.1, -0.05) is 48.5 Å². The van der Waals surface area contributed by atoms with Gasteiger partial charge in [0.15, 0.2) is 0 Å². The molecule has 0 bridgehead atoms. The molecule has 4 aromatic carbocycles. The number of carbonyl (C=O) groups excluding carboxylic acids is 1. The Kier molecular flexibility index (Phi) is 4.66. The van der Waals surface area contributed by atoms with E-state index < -0.39 is 0 Å². The van der Waals surface area contributed by atoms with Crippen molar-refractivity contribution >= 4 is 33.6 Å². The van der Waals surface area contributed by atoms with Crippen molar-refractivity contribution < 1.29 is 9.53 Å². The van der Waals surface area contributed by atoms with Crippen LogP contribution in [-0.4, -0.2) is 5.91 Å². The van der Waals surface area contributed by atoms with E-state index in [4.69, 9.17) is 4.74 Å². The summed E-state index contributed by atoms with van der Waals surface area (Å²) in [7, 11) is 0. The molecule has 0 radical (unpaired) electrons. The van der Waals surface area contributed by atoms with Crippen molar-refractivity contribution in [2.24, 2.45) is 0 Å². The zero-order valence-electron chi connectivity index (χ0n) is 16.3. The van der Waals surface area contributed by atoms with Gasteiger partial charge in [0.25, 0.3) is 0 Å². The van der Waals surface area contributed by atoms with Gasteiger partial charge in [0.1, 0.15) is 11.5 Å². The molecule has 30 heavy (non-hydrogen) atoms. The van der Waals surface area contributed by atoms with E-state index in [0.29, 0.717) is 6.42 Å². The van der Waals surface area contributed by atoms with Crippen molar-refractivity contribution in [3.8, 4) is 11.5 Å². The maximum Gasteiger partial charge on any atom is 0.228 e. The predicted molar refractivity (Wildman–Crippen MR) is 122 cm³/mol. The smallest absolute Gasteiger partial charge is 0.228 e. The van der Waals surface area contributed by atoms with Gasteiger partial charge in [0, 0.05) is 23.0 Å². The minimum Gasteiger partial charge on any atom is -0.457 e. The van der Waals surface area contributed by atoms with Gasteiger partial charge in [-0.15, -0.1) is 0 Å². The molecule has 1 aliphatic rings. The van der Waals surface area contributed by atoms with Crippen LogP contribution in [0.2, 0.25) is 0 Å². The van der Waals surface area contributed by atoms with Gasteiger partial charge < -0.3 is 15.4 Å². The summed E-state index contributed by atoms with van der Waals surface area (Å²) in [6, 6.07) is 29.4. The Balaban J connectivity index is 1.27. The molecule has 0 aromatic heterocycles. The Morgan fingerprint density at radius 1 is 0.800 bits per heavy atom. The maximum absolute atomic E-state index is 12.7. The molecule has 146 valence electrons. The standard InChI is InChI=1S/C26H20N2O2/c29-25(28-20-12-14-22(15-13-20)30-21-8-2-1-3-9-21)16-19-17-27-24-11-5-7-18-6-4-10-23(19)26(18)24/h1-15,17,27H,16H2,(H,28,29). The van der Waals surface area contributed by atoms with Crippen molar-refractivity contribution in [1.82, 2.24) is 0 Å². The van der Waals surface area contributed by atoms with Crippen LogP contribution in [0, 0.1) is 0 Å². The van der Waals surface area contributed by atoms with Crippen LogP contribution in [0.15, 0.2) is 97.2 Å². The Hall–Kier alpha value is -4.05. The second kappa shape index (κ2) is 7.76. The first-order valence-corrected chi connectivity index (χ1v) is 9.87. The van der Waals surface area contributed by atoms with Crippen LogP contribution in [-0.2, 0) is 4.79 Å². The number of rotatable bonds is 5. The minimum absolute atomic E-state index is 0.0591. The third-order valence-electron chi connectivity index (χ3n) is 5.12. The summed E-state index contributed by atoms with van der Waals surface area (Å²) >= 11 is 0. The molecule has 4 nitrogen and oxygen atoms in total. The Bertz CT molecular complexity index is 1240. The average Bonchev–Trinajstić information content (AvgIpc) is 2.78. The van der Waals surface area contributed by atoms with Crippen LogP contribution in [0.1, 0.15) is 12.0 Å². The van der Waals surface area contributed by atoms with E-state index >= 15 is 0 Å². The SMILES string of the molecule is O=C(CC1=CNc2cccc3cccc1c23)Nc1ccc(Oc2ccccc2)cc1. The van der Waals surface area contributed by atoms with Crippen LogP contribution in [0.3, 0.4) is 0 Å². The zero-order chi connectivity index (χ0) is 20.3. The highest BCUT2D eigenvalue weighted by atomic mass is 16.5. The summed E-state index contributed by atoms with van der Waals surface area (Å²) in [5.41, 5.74) is 3.88. The van der Waals surface area contributed by atoms with E-state index in [-0.39, 0.29) is 5.91 Å². The highest BCUT2D eigenvalue weighted by molar-refractivity contribution is 6.08. The number of hydrogen-bond donors (Lipinski definition) is 2. The van der Waals surface area contributed by atoms with Gasteiger partial charge in [0.2, 0.25) is 5.91 Å². The van der Waals surface area contributed by atoms with Gasteiger partial charge >= 0.3 is 0 Å². The largest absolute Gasteiger partial charge is 0.457 e. The average molecular weight is 392 g/mol. The molecule has 0 saturated heterocycles. The van der Waals surface area contributed by atoms with Crippen LogP contribution >= 0.6 is 0 Å². The van der Waals surface area contributed by atoms with E-state index in [1.807, 2.05) is 72.9 Å². The third-order valence-corrected chi connectivity index (χ3v) is 5.12. The van der Waals surface area contributed by atoms with Crippen molar-refractivity contribution in [1.29, 1.82) is 0 Å². The number of nitrogens with one attached hydrogen (secondary N) is 2. The van der Waals surface area contributed by atoms with Crippen LogP contribution in [0.25, 0.3) is 16.3 Å². The van der Waals surface area contributed by atoms with Gasteiger partial charge in [-0.2, -0.15) is 0 Å². The van der Waals surface area contributed by atoms with Gasteiger partial charge in [-0.25, -0.2) is 0 Å². The molecule has 0 unspecified atom stereocenters. The first-order valence-electron chi connectivity index (χ1n) is 9.87. The highest BCUT2D eigenvalue weighted by Gasteiger charge is 2.17. The molecule has 4 aromatic rings. The number of para-hydroxylation sites is 1. The number of ether oxygens (including phenoxy) is 1. The Morgan fingerprint density at radius 3 is 2.33 bits per heavy atom. The number of anilines is 2. The van der Waals surface area contributed by atoms with Crippen molar-refractivity contribution in [3.05, 3.63) is 103 Å². The molecule has 5 rings (SSSR count). The van der Waals surface area contributed by atoms with Crippen LogP contribution < -0.4 is 15.4 Å². The molecule has 4 heteroatoms. The Morgan fingerprint density at radius 2 is 1.53 bits per heavy atom. The van der Waals surface area contributed by atoms with Gasteiger partial charge in [0.05, 0.1) is 6.42 Å². The van der Waals surface area contributed by atoms with Crippen LogP contribution in [0.4, 0.5) is 11.4 Å². The second-order valence-corrected chi connectivity index (χ2v) is 7.19. The van der Waals surface area contributed by atoms with E-state index in [1.54, 1.807) is 0 Å². The van der Waals surface area contributed by atoms with E-state index in [9.17, 15) is 4.79 Å². The fraction of sp³-hybridized carbons (Fsp3) is 0.0385. The highest BCUT2D eigenvalue weighted by Crippen LogP contribution is 2.36. The van der Waals surface area contributed by atoms with Crippen molar-refractivity contribution in [2.45, 2.75) is 6.42 Å². The molecular weight excluding hydrogens is 372 g/mol. The maximum atomic E-state index is 12.7. The molecule has 0 spiro atoms. The molecule has 0 fully saturated rings. The van der Waals surface area contributed by atoms with Crippen molar-refractivity contribution in [2.75, 3.05) is 10.6 Å². The minimum atomic E-state index is -0.0591. The summed E-state index contributed by atoms with van der Waals surface area (Å²) in [5.74, 6) is 1.44. The fourth-order valence-electron chi connectivity index (χ4n) is 3.73. The van der Waals surface area contributed by atoms with E-state index in [2.05, 4.69) is 34.9 Å². The first kappa shape index (κ1) is 18.0. The van der Waals surface area contributed by atoms with E-state index in [0.717, 1.165) is 44.8 Å². The summed E-state index contributed by atoms with van der Waals surface area (Å²) in [6.45, 7) is 0. The Labute approximate surface area is 174 Å². The lowest BCUT2D eigenvalue weighted by Crippen LogP contribution is -2.13. The molecule has 2 N–H and O–H groups in total. The number of amides is 1. The first-order chi connectivity index (χ1) is 14.8. The second-order valence-electron chi connectivity index (χ2n) is 7.19. The topological polar surface area (TPSA) is 50.4 Å². The fourth-order valence-corrected chi connectivity index (χ4v) is 3.73. The molecule has 1 amide bonds. The monoisotopic (exact) mass is 392 g/mol. The normalized spacial score (nSPS) is 12.1. The summed E-state index contributed by atoms with van der Waals surface area (Å²) < 4.78 is 5.80. The molecule has 0 saturated carbocycles. The lowest BCUT2D eigenvalue weighted by atomic mass is 9.93. The summed E-state index contributed by atoms with van der Waals surface area (Å²) in [6.07, 6.45) is 2.22. The molecule has 0 aliphatic carbocycles. The summed E-state index contributed by atoms with van der Waals surface area (Å²) in [5, 5.41) is 8.62. The van der Waals surface area contributed by atoms with Gasteiger partial charge in [-0.3, -0.25) is 4.79 Å². The number of benzene rings is 4. The molecule has 0 atom stereocenters. The lowest BCUT2D eigenvalue weighted by Gasteiger charge is -2.19. The molecule has 1 aliphatic heterocycles. The van der Waals surface area contributed by atoms with Crippen molar-refractivity contribution in [3.63, 3.8) is 0 Å². The van der Waals surface area contributed by atoms with Crippen LogP contribution in [0.5, 0.6) is 11.5 Å². The third kappa shape index (κ3) is 3.63. The zero-order valence-corrected chi connectivity index (χ0v) is 16.3.